The molecule has 11 heteroatoms. The largest absolute Gasteiger partial charge is 0.462 e. The molecule has 2 aliphatic rings. The van der Waals surface area contributed by atoms with Gasteiger partial charge in [0.15, 0.2) is 0 Å². The van der Waals surface area contributed by atoms with Crippen molar-refractivity contribution in [1.82, 2.24) is 0 Å². The van der Waals surface area contributed by atoms with E-state index >= 15 is 4.39 Å². The molecule has 0 unspecified atom stereocenters. The quantitative estimate of drug-likeness (QED) is 0.0900. The Bertz CT molecular complexity index is 1880. The van der Waals surface area contributed by atoms with E-state index in [0.29, 0.717) is 11.1 Å². The lowest BCUT2D eigenvalue weighted by Gasteiger charge is -2.21. The van der Waals surface area contributed by atoms with Crippen LogP contribution in [0.1, 0.15) is 82.6 Å². The van der Waals surface area contributed by atoms with Crippen molar-refractivity contribution in [1.29, 1.82) is 0 Å². The zero-order chi connectivity index (χ0) is 38.5. The molecule has 0 atom stereocenters. The first-order valence-electron chi connectivity index (χ1n) is 18.1. The van der Waals surface area contributed by atoms with E-state index in [1.54, 1.807) is 24.3 Å². The number of halogens is 1. The monoisotopic (exact) mass is 738 g/mol. The van der Waals surface area contributed by atoms with E-state index in [1.165, 1.54) is 48.6 Å². The highest BCUT2D eigenvalue weighted by atomic mass is 19.1. The smallest absolute Gasteiger partial charge is 0.339 e. The Morgan fingerprint density at radius 1 is 0.611 bits per heavy atom. The summed E-state index contributed by atoms with van der Waals surface area (Å²) in [5, 5.41) is 0. The zero-order valence-corrected chi connectivity index (χ0v) is 30.0. The van der Waals surface area contributed by atoms with Crippen LogP contribution < -0.4 is 14.2 Å². The number of hydrogen-bond donors (Lipinski definition) is 0. The van der Waals surface area contributed by atoms with Gasteiger partial charge in [-0.1, -0.05) is 50.3 Å². The van der Waals surface area contributed by atoms with Crippen LogP contribution in [0.15, 0.2) is 97.1 Å². The van der Waals surface area contributed by atoms with E-state index < -0.39 is 35.7 Å². The van der Waals surface area contributed by atoms with Gasteiger partial charge in [-0.05, 0) is 105 Å². The van der Waals surface area contributed by atoms with Crippen LogP contribution in [0.4, 0.5) is 4.39 Å². The third-order valence-corrected chi connectivity index (χ3v) is 9.03. The van der Waals surface area contributed by atoms with E-state index in [1.807, 2.05) is 0 Å². The molecule has 54 heavy (non-hydrogen) atoms. The molecular weight excluding hydrogens is 695 g/mol. The summed E-state index contributed by atoms with van der Waals surface area (Å²) < 4.78 is 41.8. The number of hydrogen-bond acceptors (Lipinski definition) is 10. The van der Waals surface area contributed by atoms with Gasteiger partial charge < -0.3 is 23.7 Å². The number of benzene rings is 3. The molecule has 0 N–H and O–H groups in total. The fraction of sp³-hybridized carbons (Fsp3) is 0.326. The average molecular weight is 739 g/mol. The number of carbonyl (C=O) groups is 5. The first-order valence-corrected chi connectivity index (χ1v) is 18.1. The predicted octanol–water partition coefficient (Wildman–Crippen LogP) is 8.57. The summed E-state index contributed by atoms with van der Waals surface area (Å²) in [6.07, 6.45) is 11.5. The highest BCUT2D eigenvalue weighted by molar-refractivity contribution is 5.95. The molecule has 0 radical (unpaired) electrons. The minimum atomic E-state index is -0.764. The molecule has 2 fully saturated rings. The fourth-order valence-electron chi connectivity index (χ4n) is 6.13. The second kappa shape index (κ2) is 19.3. The van der Waals surface area contributed by atoms with Gasteiger partial charge in [0, 0.05) is 28.9 Å². The molecule has 10 nitrogen and oxygen atoms in total. The summed E-state index contributed by atoms with van der Waals surface area (Å²) in [7, 11) is 0. The standard InChI is InChI=1S/C43H43FO10/c1-28(25-40(46)50-32-9-5-3-6-10-32)42(48)53-34-18-13-30(14-19-34)15-24-39(45)52-36-22-23-37(38(44)27-36)31-16-20-35(21-17-31)54-43(49)29(2)26-41(47)51-33-11-7-4-8-12-33/h13-24,27,32-33H,1-12,25-26H2/b24-15+. The Hall–Kier alpha value is -5.84. The van der Waals surface area contributed by atoms with Crippen molar-refractivity contribution in [2.45, 2.75) is 89.3 Å². The molecule has 2 saturated carbocycles. The SMILES string of the molecule is C=C(CC(=O)OC1CCCCC1)C(=O)Oc1ccc(/C=C/C(=O)Oc2ccc(-c3ccc(OC(=O)C(=C)CC(=O)OC4CCCCC4)cc3)c(F)c2)cc1. The molecular formula is C43H43FO10. The van der Waals surface area contributed by atoms with Gasteiger partial charge in [0.25, 0.3) is 0 Å². The lowest BCUT2D eigenvalue weighted by atomic mass is 9.98. The van der Waals surface area contributed by atoms with Gasteiger partial charge in [-0.25, -0.2) is 18.8 Å². The van der Waals surface area contributed by atoms with Crippen molar-refractivity contribution < 1.29 is 52.0 Å². The number of rotatable bonds is 14. The van der Waals surface area contributed by atoms with Crippen LogP contribution >= 0.6 is 0 Å². The number of carbonyl (C=O) groups excluding carboxylic acids is 5. The highest BCUT2D eigenvalue weighted by Gasteiger charge is 2.22. The van der Waals surface area contributed by atoms with Crippen LogP contribution in [-0.2, 0) is 33.4 Å². The maximum atomic E-state index is 15.1. The Morgan fingerprint density at radius 2 is 1.07 bits per heavy atom. The van der Waals surface area contributed by atoms with E-state index in [9.17, 15) is 24.0 Å². The molecule has 3 aromatic carbocycles. The maximum Gasteiger partial charge on any atom is 0.339 e. The van der Waals surface area contributed by atoms with E-state index in [-0.39, 0.29) is 59.0 Å². The molecule has 0 aromatic heterocycles. The molecule has 5 rings (SSSR count). The lowest BCUT2D eigenvalue weighted by Crippen LogP contribution is -2.22. The minimum Gasteiger partial charge on any atom is -0.462 e. The van der Waals surface area contributed by atoms with Crippen LogP contribution in [0.5, 0.6) is 17.2 Å². The summed E-state index contributed by atoms with van der Waals surface area (Å²) in [5.41, 5.74) is 1.25. The summed E-state index contributed by atoms with van der Waals surface area (Å²) in [5.74, 6) is -3.51. The van der Waals surface area contributed by atoms with Crippen LogP contribution in [0, 0.1) is 5.82 Å². The van der Waals surface area contributed by atoms with Crippen molar-refractivity contribution >= 4 is 35.9 Å². The van der Waals surface area contributed by atoms with E-state index in [2.05, 4.69) is 13.2 Å². The van der Waals surface area contributed by atoms with Crippen molar-refractivity contribution in [3.63, 3.8) is 0 Å². The third kappa shape index (κ3) is 12.1. The van der Waals surface area contributed by atoms with Crippen molar-refractivity contribution in [3.05, 3.63) is 108 Å². The van der Waals surface area contributed by atoms with Gasteiger partial charge in [-0.2, -0.15) is 0 Å². The van der Waals surface area contributed by atoms with E-state index in [0.717, 1.165) is 70.3 Å². The minimum absolute atomic E-state index is 0.0120. The van der Waals surface area contributed by atoms with Crippen LogP contribution in [0.2, 0.25) is 0 Å². The van der Waals surface area contributed by atoms with Gasteiger partial charge in [-0.15, -0.1) is 0 Å². The van der Waals surface area contributed by atoms with Crippen molar-refractivity contribution in [2.75, 3.05) is 0 Å². The molecule has 282 valence electrons. The summed E-state index contributed by atoms with van der Waals surface area (Å²) in [6, 6.07) is 16.3. The third-order valence-electron chi connectivity index (χ3n) is 9.03. The Morgan fingerprint density at radius 3 is 1.56 bits per heavy atom. The van der Waals surface area contributed by atoms with Gasteiger partial charge in [0.1, 0.15) is 35.3 Å². The normalized spacial score (nSPS) is 14.8. The summed E-state index contributed by atoms with van der Waals surface area (Å²) in [4.78, 5) is 61.8. The van der Waals surface area contributed by atoms with Gasteiger partial charge in [0.2, 0.25) is 0 Å². The van der Waals surface area contributed by atoms with Crippen LogP contribution in [0.25, 0.3) is 17.2 Å². The van der Waals surface area contributed by atoms with Gasteiger partial charge >= 0.3 is 29.8 Å². The highest BCUT2D eigenvalue weighted by Crippen LogP contribution is 2.29. The lowest BCUT2D eigenvalue weighted by molar-refractivity contribution is -0.151. The molecule has 0 bridgehead atoms. The predicted molar refractivity (Wildman–Crippen MR) is 198 cm³/mol. The molecule has 0 spiro atoms. The molecule has 0 amide bonds. The van der Waals surface area contributed by atoms with E-state index in [4.69, 9.17) is 23.7 Å². The second-order valence-electron chi connectivity index (χ2n) is 13.3. The van der Waals surface area contributed by atoms with Crippen LogP contribution in [0.3, 0.4) is 0 Å². The first-order chi connectivity index (χ1) is 26.0. The number of esters is 5. The topological polar surface area (TPSA) is 132 Å². The first kappa shape index (κ1) is 39.4. The van der Waals surface area contributed by atoms with Crippen molar-refractivity contribution in [3.8, 4) is 28.4 Å². The van der Waals surface area contributed by atoms with Gasteiger partial charge in [-0.3, -0.25) is 9.59 Å². The summed E-state index contributed by atoms with van der Waals surface area (Å²) >= 11 is 0. The Kier molecular flexibility index (Phi) is 14.1. The fourth-order valence-corrected chi connectivity index (χ4v) is 6.13. The zero-order valence-electron chi connectivity index (χ0n) is 30.0. The Balaban J connectivity index is 1.05. The Labute approximate surface area is 313 Å². The van der Waals surface area contributed by atoms with Crippen LogP contribution in [-0.4, -0.2) is 42.1 Å². The molecule has 3 aromatic rings. The number of ether oxygens (including phenoxy) is 5. The molecule has 0 aliphatic heterocycles. The van der Waals surface area contributed by atoms with Crippen molar-refractivity contribution in [2.24, 2.45) is 0 Å². The second-order valence-corrected chi connectivity index (χ2v) is 13.3. The van der Waals surface area contributed by atoms with Gasteiger partial charge in [0.05, 0.1) is 12.8 Å². The summed E-state index contributed by atoms with van der Waals surface area (Å²) in [6.45, 7) is 7.31. The average Bonchev–Trinajstić information content (AvgIpc) is 3.15. The molecule has 0 heterocycles. The maximum absolute atomic E-state index is 15.1. The molecule has 0 saturated heterocycles. The molecule has 2 aliphatic carbocycles.